The molecule has 0 unspecified atom stereocenters. The molecule has 1 heterocycles. The van der Waals surface area contributed by atoms with Crippen LogP contribution in [0.1, 0.15) is 21.5 Å². The van der Waals surface area contributed by atoms with Gasteiger partial charge in [0, 0.05) is 31.9 Å². The van der Waals surface area contributed by atoms with E-state index < -0.39 is 0 Å². The zero-order chi connectivity index (χ0) is 18.2. The lowest BCUT2D eigenvalue weighted by molar-refractivity contribution is 0.0954. The highest BCUT2D eigenvalue weighted by Gasteiger charge is 2.09. The first-order valence-corrected chi connectivity index (χ1v) is 8.75. The van der Waals surface area contributed by atoms with E-state index in [1.807, 2.05) is 54.4 Å². The summed E-state index contributed by atoms with van der Waals surface area (Å²) in [5, 5.41) is 2.98. The highest BCUT2D eigenvalue weighted by atomic mass is 16.1. The number of carbonyl (C=O) groups excluding carboxylic acids is 1. The van der Waals surface area contributed by atoms with Gasteiger partial charge in [-0.2, -0.15) is 0 Å². The third-order valence-electron chi connectivity index (χ3n) is 4.20. The van der Waals surface area contributed by atoms with Crippen molar-refractivity contribution in [2.75, 3.05) is 18.5 Å². The van der Waals surface area contributed by atoms with Crippen molar-refractivity contribution in [3.8, 4) is 0 Å². The third kappa shape index (κ3) is 4.93. The van der Waals surface area contributed by atoms with Crippen LogP contribution in [-0.4, -0.2) is 24.5 Å². The van der Waals surface area contributed by atoms with Crippen LogP contribution < -0.4 is 10.2 Å². The summed E-state index contributed by atoms with van der Waals surface area (Å²) in [6.45, 7) is 1.35. The summed E-state index contributed by atoms with van der Waals surface area (Å²) in [5.74, 6) is 0.710. The minimum atomic E-state index is -0.0716. The van der Waals surface area contributed by atoms with Gasteiger partial charge in [-0.1, -0.05) is 60.7 Å². The van der Waals surface area contributed by atoms with Crippen LogP contribution in [-0.2, 0) is 13.0 Å². The minimum absolute atomic E-state index is 0.0716. The van der Waals surface area contributed by atoms with Crippen LogP contribution in [0.25, 0.3) is 0 Å². The van der Waals surface area contributed by atoms with Gasteiger partial charge in [0.2, 0.25) is 0 Å². The molecule has 0 bridgehead atoms. The van der Waals surface area contributed by atoms with Crippen LogP contribution in [0.3, 0.4) is 0 Å². The smallest absolute Gasteiger partial charge is 0.251 e. The molecule has 4 nitrogen and oxygen atoms in total. The minimum Gasteiger partial charge on any atom is -0.355 e. The zero-order valence-electron chi connectivity index (χ0n) is 14.9. The number of aromatic nitrogens is 1. The van der Waals surface area contributed by atoms with E-state index in [4.69, 9.17) is 0 Å². The Bertz CT molecular complexity index is 834. The summed E-state index contributed by atoms with van der Waals surface area (Å²) in [7, 11) is 1.98. The van der Waals surface area contributed by atoms with Crippen molar-refractivity contribution in [2.45, 2.75) is 13.0 Å². The first kappa shape index (κ1) is 17.7. The Morgan fingerprint density at radius 2 is 1.62 bits per heavy atom. The van der Waals surface area contributed by atoms with Gasteiger partial charge in [0.1, 0.15) is 5.82 Å². The molecule has 0 fully saturated rings. The van der Waals surface area contributed by atoms with Crippen LogP contribution in [0.4, 0.5) is 5.82 Å². The van der Waals surface area contributed by atoms with E-state index >= 15 is 0 Å². The van der Waals surface area contributed by atoms with Crippen molar-refractivity contribution < 1.29 is 4.79 Å². The molecule has 0 saturated carbocycles. The number of anilines is 1. The molecule has 0 aliphatic heterocycles. The van der Waals surface area contributed by atoms with Gasteiger partial charge in [0.15, 0.2) is 0 Å². The van der Waals surface area contributed by atoms with Crippen LogP contribution in [0.15, 0.2) is 79.0 Å². The molecule has 1 amide bonds. The molecule has 0 aliphatic carbocycles. The molecular formula is C22H23N3O. The van der Waals surface area contributed by atoms with Crippen molar-refractivity contribution in [3.05, 3.63) is 95.7 Å². The molecule has 0 saturated heterocycles. The molecule has 1 N–H and O–H groups in total. The summed E-state index contributed by atoms with van der Waals surface area (Å²) in [5.41, 5.74) is 3.04. The fraction of sp³-hybridized carbons (Fsp3) is 0.182. The van der Waals surface area contributed by atoms with E-state index in [0.29, 0.717) is 12.1 Å². The number of pyridine rings is 1. The van der Waals surface area contributed by atoms with Crippen molar-refractivity contribution in [1.82, 2.24) is 10.3 Å². The Morgan fingerprint density at radius 1 is 0.962 bits per heavy atom. The van der Waals surface area contributed by atoms with Gasteiger partial charge in [-0.05, 0) is 29.7 Å². The second-order valence-electron chi connectivity index (χ2n) is 6.24. The molecule has 1 aromatic heterocycles. The van der Waals surface area contributed by atoms with Crippen LogP contribution in [0.5, 0.6) is 0 Å². The van der Waals surface area contributed by atoms with Gasteiger partial charge in [0.05, 0.1) is 0 Å². The first-order chi connectivity index (χ1) is 12.7. The quantitative estimate of drug-likeness (QED) is 0.710. The monoisotopic (exact) mass is 345 g/mol. The number of benzene rings is 2. The summed E-state index contributed by atoms with van der Waals surface area (Å²) in [4.78, 5) is 18.8. The van der Waals surface area contributed by atoms with E-state index in [0.717, 1.165) is 18.8 Å². The summed E-state index contributed by atoms with van der Waals surface area (Å²) >= 11 is 0. The fourth-order valence-corrected chi connectivity index (χ4v) is 2.77. The Balaban J connectivity index is 1.58. The number of hydrogen-bond donors (Lipinski definition) is 1. The fourth-order valence-electron chi connectivity index (χ4n) is 2.77. The number of carbonyl (C=O) groups is 1. The number of amides is 1. The molecule has 132 valence electrons. The average molecular weight is 345 g/mol. The van der Waals surface area contributed by atoms with Gasteiger partial charge in [0.25, 0.3) is 5.91 Å². The molecule has 0 spiro atoms. The Hall–Kier alpha value is -3.14. The van der Waals surface area contributed by atoms with Crippen molar-refractivity contribution in [1.29, 1.82) is 0 Å². The predicted octanol–water partition coefficient (Wildman–Crippen LogP) is 3.69. The van der Waals surface area contributed by atoms with E-state index in [1.54, 1.807) is 12.3 Å². The molecule has 3 aromatic rings. The maximum atomic E-state index is 12.4. The standard InChI is InChI=1S/C22H23N3O/c1-25(17-19-10-6-3-7-11-19)21-16-20(13-15-23-21)22(26)24-14-12-18-8-4-2-5-9-18/h2-11,13,15-16H,12,14,17H2,1H3,(H,24,26). The largest absolute Gasteiger partial charge is 0.355 e. The highest BCUT2D eigenvalue weighted by Crippen LogP contribution is 2.14. The van der Waals surface area contributed by atoms with Crippen molar-refractivity contribution >= 4 is 11.7 Å². The molecular weight excluding hydrogens is 322 g/mol. The van der Waals surface area contributed by atoms with Crippen molar-refractivity contribution in [2.24, 2.45) is 0 Å². The van der Waals surface area contributed by atoms with E-state index in [1.165, 1.54) is 11.1 Å². The summed E-state index contributed by atoms with van der Waals surface area (Å²) in [6, 6.07) is 23.9. The second-order valence-corrected chi connectivity index (χ2v) is 6.24. The SMILES string of the molecule is CN(Cc1ccccc1)c1cc(C(=O)NCCc2ccccc2)ccn1. The van der Waals surface area contributed by atoms with Gasteiger partial charge in [-0.25, -0.2) is 4.98 Å². The maximum absolute atomic E-state index is 12.4. The summed E-state index contributed by atoms with van der Waals surface area (Å²) in [6.07, 6.45) is 2.50. The molecule has 4 heteroatoms. The summed E-state index contributed by atoms with van der Waals surface area (Å²) < 4.78 is 0. The molecule has 0 atom stereocenters. The molecule has 2 aromatic carbocycles. The van der Waals surface area contributed by atoms with E-state index in [-0.39, 0.29) is 5.91 Å². The van der Waals surface area contributed by atoms with Gasteiger partial charge >= 0.3 is 0 Å². The topological polar surface area (TPSA) is 45.2 Å². The second kappa shape index (κ2) is 8.81. The third-order valence-corrected chi connectivity index (χ3v) is 4.20. The molecule has 0 aliphatic rings. The lowest BCUT2D eigenvalue weighted by Crippen LogP contribution is -2.26. The first-order valence-electron chi connectivity index (χ1n) is 8.75. The number of nitrogens with one attached hydrogen (secondary N) is 1. The van der Waals surface area contributed by atoms with Gasteiger partial charge in [-0.15, -0.1) is 0 Å². The van der Waals surface area contributed by atoms with Crippen molar-refractivity contribution in [3.63, 3.8) is 0 Å². The molecule has 0 radical (unpaired) electrons. The Labute approximate surface area is 154 Å². The lowest BCUT2D eigenvalue weighted by atomic mass is 10.1. The Kier molecular flexibility index (Phi) is 5.99. The van der Waals surface area contributed by atoms with Gasteiger partial charge in [-0.3, -0.25) is 4.79 Å². The highest BCUT2D eigenvalue weighted by molar-refractivity contribution is 5.94. The maximum Gasteiger partial charge on any atom is 0.251 e. The number of hydrogen-bond acceptors (Lipinski definition) is 3. The molecule has 26 heavy (non-hydrogen) atoms. The predicted molar refractivity (Wildman–Crippen MR) is 105 cm³/mol. The van der Waals surface area contributed by atoms with E-state index in [9.17, 15) is 4.79 Å². The van der Waals surface area contributed by atoms with Crippen LogP contribution in [0.2, 0.25) is 0 Å². The van der Waals surface area contributed by atoms with Gasteiger partial charge < -0.3 is 10.2 Å². The van der Waals surface area contributed by atoms with Crippen LogP contribution >= 0.6 is 0 Å². The zero-order valence-corrected chi connectivity index (χ0v) is 14.9. The normalized spacial score (nSPS) is 10.3. The van der Waals surface area contributed by atoms with E-state index in [2.05, 4.69) is 34.6 Å². The lowest BCUT2D eigenvalue weighted by Gasteiger charge is -2.18. The number of nitrogens with zero attached hydrogens (tertiary/aromatic N) is 2. The number of rotatable bonds is 7. The van der Waals surface area contributed by atoms with Crippen LogP contribution in [0, 0.1) is 0 Å². The average Bonchev–Trinajstić information content (AvgIpc) is 2.69. The Morgan fingerprint density at radius 3 is 2.31 bits per heavy atom. The molecule has 3 rings (SSSR count).